The minimum Gasteiger partial charge on any atom is -0.495 e. The summed E-state index contributed by atoms with van der Waals surface area (Å²) in [7, 11) is 2.97. The Morgan fingerprint density at radius 1 is 0.875 bits per heavy atom. The summed E-state index contributed by atoms with van der Waals surface area (Å²) in [5.74, 6) is -0.0137. The van der Waals surface area contributed by atoms with Gasteiger partial charge in [0.25, 0.3) is 11.6 Å². The van der Waals surface area contributed by atoms with Crippen molar-refractivity contribution in [2.45, 2.75) is 10.1 Å². The zero-order valence-electron chi connectivity index (χ0n) is 21.4. The van der Waals surface area contributed by atoms with Crippen molar-refractivity contribution < 1.29 is 24.0 Å². The number of nitrogens with zero attached hydrogens (tertiary/aromatic N) is 1. The van der Waals surface area contributed by atoms with E-state index in [0.29, 0.717) is 32.8 Å². The normalized spacial score (nSPS) is 11.3. The number of nitro groups is 1. The van der Waals surface area contributed by atoms with Gasteiger partial charge < -0.3 is 20.1 Å². The molecule has 0 radical (unpaired) electrons. The van der Waals surface area contributed by atoms with E-state index < -0.39 is 16.1 Å². The molecule has 1 atom stereocenters. The lowest BCUT2D eigenvalue weighted by Crippen LogP contribution is -2.19. The molecule has 0 aliphatic rings. The molecular weight excluding hydrogens is 554 g/mol. The molecule has 0 saturated heterocycles. The van der Waals surface area contributed by atoms with Gasteiger partial charge >= 0.3 is 0 Å². The van der Waals surface area contributed by atoms with Crippen LogP contribution < -0.4 is 20.1 Å². The number of carbonyl (C=O) groups excluding carboxylic acids is 2. The van der Waals surface area contributed by atoms with Crippen molar-refractivity contribution in [1.82, 2.24) is 0 Å². The highest BCUT2D eigenvalue weighted by Crippen LogP contribution is 2.40. The molecule has 0 aliphatic heterocycles. The molecule has 0 spiro atoms. The summed E-state index contributed by atoms with van der Waals surface area (Å²) >= 11 is 7.58. The SMILES string of the molecule is COc1cc(OC)c(NC(=O)C(Sc2cccc(NC(=O)c3cccc([N+](=O)[O-])c3)c2)c2ccccc2)cc1Cl. The maximum Gasteiger partial charge on any atom is 0.270 e. The second-order valence-electron chi connectivity index (χ2n) is 8.37. The van der Waals surface area contributed by atoms with Crippen LogP contribution in [-0.4, -0.2) is 31.0 Å². The molecule has 0 aliphatic carbocycles. The van der Waals surface area contributed by atoms with Gasteiger partial charge in [0, 0.05) is 34.3 Å². The third-order valence-corrected chi connectivity index (χ3v) is 7.28. The molecule has 0 saturated carbocycles. The molecule has 0 aromatic heterocycles. The molecule has 4 aromatic carbocycles. The number of thioether (sulfide) groups is 1. The Morgan fingerprint density at radius 2 is 1.60 bits per heavy atom. The van der Waals surface area contributed by atoms with Crippen LogP contribution in [0.3, 0.4) is 0 Å². The quantitative estimate of drug-likeness (QED) is 0.118. The van der Waals surface area contributed by atoms with Crippen LogP contribution in [0.4, 0.5) is 17.1 Å². The number of nitrogens with one attached hydrogen (secondary N) is 2. The molecule has 11 heteroatoms. The Balaban J connectivity index is 1.57. The first-order valence-corrected chi connectivity index (χ1v) is 13.1. The van der Waals surface area contributed by atoms with E-state index in [2.05, 4.69) is 10.6 Å². The summed E-state index contributed by atoms with van der Waals surface area (Å²) in [4.78, 5) is 37.6. The van der Waals surface area contributed by atoms with Gasteiger partial charge in [0.1, 0.15) is 16.7 Å². The molecule has 4 rings (SSSR count). The van der Waals surface area contributed by atoms with E-state index >= 15 is 0 Å². The number of halogens is 1. The smallest absolute Gasteiger partial charge is 0.270 e. The monoisotopic (exact) mass is 577 g/mol. The number of hydrogen-bond donors (Lipinski definition) is 2. The predicted octanol–water partition coefficient (Wildman–Crippen LogP) is 6.99. The highest BCUT2D eigenvalue weighted by atomic mass is 35.5. The largest absolute Gasteiger partial charge is 0.495 e. The van der Waals surface area contributed by atoms with E-state index in [-0.39, 0.29) is 17.2 Å². The first-order chi connectivity index (χ1) is 19.3. The molecule has 1 unspecified atom stereocenters. The average Bonchev–Trinajstić information content (AvgIpc) is 2.96. The van der Waals surface area contributed by atoms with Crippen molar-refractivity contribution in [3.63, 3.8) is 0 Å². The second-order valence-corrected chi connectivity index (χ2v) is 9.96. The minimum absolute atomic E-state index is 0.154. The standard InChI is InChI=1S/C29H24ClN3O6S/c1-38-25-17-26(39-2)24(16-23(25)30)32-29(35)27(18-8-4-3-5-9-18)40-22-13-7-11-20(15-22)31-28(34)19-10-6-12-21(14-19)33(36)37/h3-17,27H,1-2H3,(H,31,34)(H,32,35). The van der Waals surface area contributed by atoms with E-state index in [9.17, 15) is 19.7 Å². The second kappa shape index (κ2) is 13.0. The van der Waals surface area contributed by atoms with Crippen LogP contribution in [0.25, 0.3) is 0 Å². The summed E-state index contributed by atoms with van der Waals surface area (Å²) in [6.07, 6.45) is 0. The Labute approximate surface area is 239 Å². The van der Waals surface area contributed by atoms with Crippen LogP contribution in [0.1, 0.15) is 21.2 Å². The van der Waals surface area contributed by atoms with Crippen molar-refractivity contribution >= 4 is 52.2 Å². The van der Waals surface area contributed by atoms with Gasteiger partial charge in [0.2, 0.25) is 5.91 Å². The highest BCUT2D eigenvalue weighted by Gasteiger charge is 2.24. The Kier molecular flexibility index (Phi) is 9.26. The van der Waals surface area contributed by atoms with Gasteiger partial charge in [0.05, 0.1) is 29.9 Å². The van der Waals surface area contributed by atoms with Gasteiger partial charge in [0.15, 0.2) is 0 Å². The van der Waals surface area contributed by atoms with E-state index in [0.717, 1.165) is 5.56 Å². The average molecular weight is 578 g/mol. The lowest BCUT2D eigenvalue weighted by atomic mass is 10.1. The lowest BCUT2D eigenvalue weighted by molar-refractivity contribution is -0.384. The number of amides is 2. The molecule has 204 valence electrons. The van der Waals surface area contributed by atoms with Gasteiger partial charge in [-0.1, -0.05) is 54.1 Å². The number of non-ortho nitro benzene ring substituents is 1. The molecule has 9 nitrogen and oxygen atoms in total. The number of rotatable bonds is 10. The molecule has 0 fully saturated rings. The molecule has 4 aromatic rings. The summed E-state index contributed by atoms with van der Waals surface area (Å²) < 4.78 is 10.7. The van der Waals surface area contributed by atoms with Crippen molar-refractivity contribution in [1.29, 1.82) is 0 Å². The highest BCUT2D eigenvalue weighted by molar-refractivity contribution is 8.00. The summed E-state index contributed by atoms with van der Waals surface area (Å²) in [5, 5.41) is 16.4. The minimum atomic E-state index is -0.672. The zero-order chi connectivity index (χ0) is 28.6. The maximum absolute atomic E-state index is 13.6. The maximum atomic E-state index is 13.6. The number of hydrogen-bond acceptors (Lipinski definition) is 7. The van der Waals surface area contributed by atoms with E-state index in [1.54, 1.807) is 30.3 Å². The first kappa shape index (κ1) is 28.5. The number of nitro benzene ring substituents is 1. The zero-order valence-corrected chi connectivity index (χ0v) is 23.0. The van der Waals surface area contributed by atoms with Crippen LogP contribution in [-0.2, 0) is 4.79 Å². The molecule has 0 bridgehead atoms. The Morgan fingerprint density at radius 3 is 2.30 bits per heavy atom. The van der Waals surface area contributed by atoms with E-state index in [1.165, 1.54) is 50.2 Å². The van der Waals surface area contributed by atoms with Crippen LogP contribution in [0.2, 0.25) is 5.02 Å². The van der Waals surface area contributed by atoms with Gasteiger partial charge in [-0.05, 0) is 35.9 Å². The van der Waals surface area contributed by atoms with Crippen LogP contribution in [0.15, 0.2) is 95.9 Å². The fourth-order valence-electron chi connectivity index (χ4n) is 3.80. The van der Waals surface area contributed by atoms with E-state index in [4.69, 9.17) is 21.1 Å². The predicted molar refractivity (Wildman–Crippen MR) is 156 cm³/mol. The fraction of sp³-hybridized carbons (Fsp3) is 0.103. The van der Waals surface area contributed by atoms with Crippen molar-refractivity contribution in [2.75, 3.05) is 24.9 Å². The molecule has 2 amide bonds. The van der Waals surface area contributed by atoms with Gasteiger partial charge in [-0.3, -0.25) is 19.7 Å². The molecular formula is C29H24ClN3O6S. The van der Waals surface area contributed by atoms with Gasteiger partial charge in [-0.15, -0.1) is 11.8 Å². The Hall–Kier alpha value is -4.54. The van der Waals surface area contributed by atoms with Crippen molar-refractivity contribution in [2.24, 2.45) is 0 Å². The molecule has 2 N–H and O–H groups in total. The first-order valence-electron chi connectivity index (χ1n) is 11.9. The van der Waals surface area contributed by atoms with Gasteiger partial charge in [-0.2, -0.15) is 0 Å². The van der Waals surface area contributed by atoms with Gasteiger partial charge in [-0.25, -0.2) is 0 Å². The number of methoxy groups -OCH3 is 2. The van der Waals surface area contributed by atoms with Crippen molar-refractivity contribution in [3.05, 3.63) is 117 Å². The number of carbonyl (C=O) groups is 2. The van der Waals surface area contributed by atoms with E-state index in [1.807, 2.05) is 36.4 Å². The number of ether oxygens (including phenoxy) is 2. The summed E-state index contributed by atoms with van der Waals surface area (Å²) in [6, 6.07) is 24.9. The third-order valence-electron chi connectivity index (χ3n) is 5.74. The molecule has 40 heavy (non-hydrogen) atoms. The topological polar surface area (TPSA) is 120 Å². The fourth-order valence-corrected chi connectivity index (χ4v) is 5.13. The summed E-state index contributed by atoms with van der Waals surface area (Å²) in [6.45, 7) is 0. The van der Waals surface area contributed by atoms with Crippen LogP contribution in [0, 0.1) is 10.1 Å². The number of anilines is 2. The van der Waals surface area contributed by atoms with Crippen molar-refractivity contribution in [3.8, 4) is 11.5 Å². The van der Waals surface area contributed by atoms with Crippen LogP contribution in [0.5, 0.6) is 11.5 Å². The molecule has 0 heterocycles. The van der Waals surface area contributed by atoms with Crippen LogP contribution >= 0.6 is 23.4 Å². The lowest BCUT2D eigenvalue weighted by Gasteiger charge is -2.19. The third kappa shape index (κ3) is 6.90. The number of benzene rings is 4. The Bertz CT molecular complexity index is 1550. The summed E-state index contributed by atoms with van der Waals surface area (Å²) in [5.41, 5.74) is 1.59.